The molecule has 0 atom stereocenters. The molecule has 82 valence electrons. The largest absolute Gasteiger partial charge is 0.465 e. The number of nitrogens with one attached hydrogen (secondary N) is 2. The first kappa shape index (κ1) is 11.6. The van der Waals surface area contributed by atoms with Crippen molar-refractivity contribution in [3.63, 3.8) is 0 Å². The minimum atomic E-state index is -0.588. The zero-order valence-electron chi connectivity index (χ0n) is 8.17. The van der Waals surface area contributed by atoms with Crippen LogP contribution >= 0.6 is 11.6 Å². The smallest absolute Gasteiger partial charge is 0.321 e. The number of furan rings is 1. The van der Waals surface area contributed by atoms with Crippen LogP contribution in [0.5, 0.6) is 0 Å². The van der Waals surface area contributed by atoms with Crippen LogP contribution in [0.1, 0.15) is 11.5 Å². The van der Waals surface area contributed by atoms with Crippen molar-refractivity contribution in [2.75, 3.05) is 5.88 Å². The Morgan fingerprint density at radius 2 is 2.20 bits per heavy atom. The van der Waals surface area contributed by atoms with Gasteiger partial charge in [-0.1, -0.05) is 0 Å². The Hall–Kier alpha value is -1.49. The fourth-order valence-electron chi connectivity index (χ4n) is 0.952. The standard InChI is InChI=1S/C9H11ClN2O3/c1-6-2-3-7(15-6)5-11-9(14)12-8(13)4-10/h2-3H,4-5H2,1H3,(H2,11,12,13,14). The third kappa shape index (κ3) is 4.03. The van der Waals surface area contributed by atoms with Crippen molar-refractivity contribution >= 4 is 23.5 Å². The summed E-state index contributed by atoms with van der Waals surface area (Å²) in [6, 6.07) is 2.95. The highest BCUT2D eigenvalue weighted by molar-refractivity contribution is 6.28. The molecule has 1 heterocycles. The zero-order chi connectivity index (χ0) is 11.3. The molecule has 0 aliphatic carbocycles. The Morgan fingerprint density at radius 1 is 1.47 bits per heavy atom. The van der Waals surface area contributed by atoms with E-state index in [0.717, 1.165) is 5.76 Å². The van der Waals surface area contributed by atoms with Crippen LogP contribution < -0.4 is 10.6 Å². The first-order chi connectivity index (χ1) is 7.11. The zero-order valence-corrected chi connectivity index (χ0v) is 8.93. The van der Waals surface area contributed by atoms with E-state index in [1.54, 1.807) is 19.1 Å². The van der Waals surface area contributed by atoms with Gasteiger partial charge >= 0.3 is 6.03 Å². The number of hydrogen-bond acceptors (Lipinski definition) is 3. The summed E-state index contributed by atoms with van der Waals surface area (Å²) in [4.78, 5) is 21.8. The van der Waals surface area contributed by atoms with E-state index in [2.05, 4.69) is 5.32 Å². The van der Waals surface area contributed by atoms with Crippen LogP contribution in [-0.2, 0) is 11.3 Å². The number of rotatable bonds is 3. The van der Waals surface area contributed by atoms with Crippen molar-refractivity contribution in [3.05, 3.63) is 23.7 Å². The summed E-state index contributed by atoms with van der Waals surface area (Å²) in [5.74, 6) is 0.614. The van der Waals surface area contributed by atoms with Gasteiger partial charge in [0.1, 0.15) is 17.4 Å². The number of amides is 3. The third-order valence-electron chi connectivity index (χ3n) is 1.59. The number of alkyl halides is 1. The SMILES string of the molecule is Cc1ccc(CNC(=O)NC(=O)CCl)o1. The number of carbonyl (C=O) groups excluding carboxylic acids is 2. The van der Waals surface area contributed by atoms with E-state index in [9.17, 15) is 9.59 Å². The second-order valence-corrected chi connectivity index (χ2v) is 3.14. The van der Waals surface area contributed by atoms with Gasteiger partial charge in [-0.3, -0.25) is 10.1 Å². The quantitative estimate of drug-likeness (QED) is 0.766. The molecule has 0 unspecified atom stereocenters. The summed E-state index contributed by atoms with van der Waals surface area (Å²) in [6.45, 7) is 2.04. The number of hydrogen-bond donors (Lipinski definition) is 2. The number of carbonyl (C=O) groups is 2. The highest BCUT2D eigenvalue weighted by Gasteiger charge is 2.06. The first-order valence-electron chi connectivity index (χ1n) is 4.31. The summed E-state index contributed by atoms with van der Waals surface area (Å²) >= 11 is 5.21. The normalized spacial score (nSPS) is 9.73. The van der Waals surface area contributed by atoms with E-state index >= 15 is 0 Å². The Balaban J connectivity index is 2.31. The van der Waals surface area contributed by atoms with Crippen molar-refractivity contribution in [2.24, 2.45) is 0 Å². The number of imide groups is 1. The van der Waals surface area contributed by atoms with Crippen LogP contribution in [0, 0.1) is 6.92 Å². The van der Waals surface area contributed by atoms with Gasteiger partial charge in [-0.15, -0.1) is 11.6 Å². The summed E-state index contributed by atoms with van der Waals surface area (Å²) in [5, 5.41) is 4.50. The molecule has 5 nitrogen and oxygen atoms in total. The number of aryl methyl sites for hydroxylation is 1. The van der Waals surface area contributed by atoms with Crippen LogP contribution in [0.3, 0.4) is 0 Å². The molecule has 0 spiro atoms. The lowest BCUT2D eigenvalue weighted by Gasteiger charge is -2.03. The fraction of sp³-hybridized carbons (Fsp3) is 0.333. The maximum atomic E-state index is 11.0. The van der Waals surface area contributed by atoms with Crippen LogP contribution in [0.15, 0.2) is 16.5 Å². The highest BCUT2D eigenvalue weighted by atomic mass is 35.5. The van der Waals surface area contributed by atoms with Crippen LogP contribution in [-0.4, -0.2) is 17.8 Å². The van der Waals surface area contributed by atoms with Gasteiger partial charge in [0.15, 0.2) is 0 Å². The van der Waals surface area contributed by atoms with Crippen molar-refractivity contribution in [1.29, 1.82) is 0 Å². The monoisotopic (exact) mass is 230 g/mol. The van der Waals surface area contributed by atoms with Gasteiger partial charge in [-0.25, -0.2) is 4.79 Å². The van der Waals surface area contributed by atoms with Crippen LogP contribution in [0.4, 0.5) is 4.79 Å². The maximum Gasteiger partial charge on any atom is 0.321 e. The molecule has 1 rings (SSSR count). The average molecular weight is 231 g/mol. The molecule has 2 N–H and O–H groups in total. The van der Waals surface area contributed by atoms with Crippen LogP contribution in [0.2, 0.25) is 0 Å². The molecule has 0 saturated carbocycles. The molecule has 0 bridgehead atoms. The summed E-state index contributed by atoms with van der Waals surface area (Å²) in [5.41, 5.74) is 0. The summed E-state index contributed by atoms with van der Waals surface area (Å²) in [6.07, 6.45) is 0. The molecule has 0 aliphatic heterocycles. The van der Waals surface area contributed by atoms with E-state index in [-0.39, 0.29) is 12.4 Å². The van der Waals surface area contributed by atoms with Gasteiger partial charge in [0.2, 0.25) is 5.91 Å². The molecule has 0 saturated heterocycles. The minimum Gasteiger partial charge on any atom is -0.465 e. The van der Waals surface area contributed by atoms with Crippen molar-refractivity contribution in [2.45, 2.75) is 13.5 Å². The van der Waals surface area contributed by atoms with Crippen LogP contribution in [0.25, 0.3) is 0 Å². The molecule has 0 aromatic carbocycles. The van der Waals surface area contributed by atoms with Gasteiger partial charge in [-0.2, -0.15) is 0 Å². The van der Waals surface area contributed by atoms with E-state index in [1.165, 1.54) is 0 Å². The van der Waals surface area contributed by atoms with Crippen molar-refractivity contribution < 1.29 is 14.0 Å². The predicted octanol–water partition coefficient (Wildman–Crippen LogP) is 1.15. The third-order valence-corrected chi connectivity index (χ3v) is 1.84. The molecule has 1 aromatic heterocycles. The summed E-state index contributed by atoms with van der Waals surface area (Å²) < 4.78 is 5.21. The fourth-order valence-corrected chi connectivity index (χ4v) is 1.02. The molecule has 0 radical (unpaired) electrons. The Morgan fingerprint density at radius 3 is 2.73 bits per heavy atom. The van der Waals surface area contributed by atoms with Gasteiger partial charge in [-0.05, 0) is 19.1 Å². The second-order valence-electron chi connectivity index (χ2n) is 2.88. The second kappa shape index (κ2) is 5.41. The van der Waals surface area contributed by atoms with Gasteiger partial charge in [0, 0.05) is 0 Å². The minimum absolute atomic E-state index is 0.231. The van der Waals surface area contributed by atoms with E-state index in [0.29, 0.717) is 5.76 Å². The molecule has 6 heteroatoms. The maximum absolute atomic E-state index is 11.0. The van der Waals surface area contributed by atoms with Crippen molar-refractivity contribution in [1.82, 2.24) is 10.6 Å². The van der Waals surface area contributed by atoms with E-state index in [1.807, 2.05) is 5.32 Å². The lowest BCUT2D eigenvalue weighted by molar-refractivity contribution is -0.117. The number of halogens is 1. The van der Waals surface area contributed by atoms with E-state index < -0.39 is 11.9 Å². The Labute approximate surface area is 91.8 Å². The molecule has 3 amide bonds. The van der Waals surface area contributed by atoms with E-state index in [4.69, 9.17) is 16.0 Å². The topological polar surface area (TPSA) is 71.3 Å². The number of urea groups is 1. The predicted molar refractivity (Wildman–Crippen MR) is 54.5 cm³/mol. The Kier molecular flexibility index (Phi) is 4.17. The molecule has 1 aromatic rings. The average Bonchev–Trinajstić information content (AvgIpc) is 2.61. The van der Waals surface area contributed by atoms with Gasteiger partial charge in [0.25, 0.3) is 0 Å². The lowest BCUT2D eigenvalue weighted by atomic mass is 10.4. The molecular formula is C9H11ClN2O3. The lowest BCUT2D eigenvalue weighted by Crippen LogP contribution is -2.39. The molecule has 0 aliphatic rings. The summed E-state index contributed by atoms with van der Waals surface area (Å²) in [7, 11) is 0. The van der Waals surface area contributed by atoms with Gasteiger partial charge < -0.3 is 9.73 Å². The molecule has 15 heavy (non-hydrogen) atoms. The van der Waals surface area contributed by atoms with Gasteiger partial charge in [0.05, 0.1) is 6.54 Å². The molecular weight excluding hydrogens is 220 g/mol. The first-order valence-corrected chi connectivity index (χ1v) is 4.84. The highest BCUT2D eigenvalue weighted by Crippen LogP contribution is 2.04. The Bertz CT molecular complexity index is 362. The van der Waals surface area contributed by atoms with Crippen molar-refractivity contribution in [3.8, 4) is 0 Å². The molecule has 0 fully saturated rings.